The van der Waals surface area contributed by atoms with Crippen LogP contribution in [0.2, 0.25) is 0 Å². The van der Waals surface area contributed by atoms with E-state index in [0.29, 0.717) is 29.6 Å². The Morgan fingerprint density at radius 2 is 1.96 bits per heavy atom. The topological polar surface area (TPSA) is 67.9 Å². The van der Waals surface area contributed by atoms with Gasteiger partial charge in [-0.3, -0.25) is 9.59 Å². The van der Waals surface area contributed by atoms with Gasteiger partial charge in [-0.05, 0) is 53.4 Å². The number of hydrogen-bond donors (Lipinski definition) is 1. The molecule has 0 bridgehead atoms. The Balaban J connectivity index is 1.60. The second-order valence-electron chi connectivity index (χ2n) is 6.14. The van der Waals surface area contributed by atoms with Crippen LogP contribution in [0.3, 0.4) is 0 Å². The average Bonchev–Trinajstić information content (AvgIpc) is 3.38. The minimum atomic E-state index is -0.314. The van der Waals surface area contributed by atoms with E-state index >= 15 is 0 Å². The van der Waals surface area contributed by atoms with Crippen molar-refractivity contribution < 1.29 is 19.1 Å². The molecule has 1 aromatic carbocycles. The smallest absolute Gasteiger partial charge is 0.251 e. The van der Waals surface area contributed by atoms with E-state index in [9.17, 15) is 9.59 Å². The van der Waals surface area contributed by atoms with Crippen LogP contribution < -0.4 is 14.8 Å². The van der Waals surface area contributed by atoms with E-state index in [2.05, 4.69) is 5.32 Å². The van der Waals surface area contributed by atoms with Crippen LogP contribution in [-0.4, -0.2) is 43.5 Å². The number of ether oxygens (including phenoxy) is 2. The third-order valence-corrected chi connectivity index (χ3v) is 5.02. The summed E-state index contributed by atoms with van der Waals surface area (Å²) in [7, 11) is 3.05. The highest BCUT2D eigenvalue weighted by Crippen LogP contribution is 2.29. The number of nitrogens with one attached hydrogen (secondary N) is 1. The molecule has 1 aliphatic carbocycles. The van der Waals surface area contributed by atoms with Crippen molar-refractivity contribution in [3.63, 3.8) is 0 Å². The second kappa shape index (κ2) is 8.23. The molecule has 0 unspecified atom stereocenters. The van der Waals surface area contributed by atoms with Crippen LogP contribution in [0.4, 0.5) is 0 Å². The van der Waals surface area contributed by atoms with Crippen molar-refractivity contribution in [2.75, 3.05) is 20.8 Å². The molecule has 0 radical (unpaired) electrons. The lowest BCUT2D eigenvalue weighted by atomic mass is 10.2. The molecule has 0 saturated heterocycles. The predicted octanol–water partition coefficient (Wildman–Crippen LogP) is 2.69. The van der Waals surface area contributed by atoms with E-state index in [1.807, 2.05) is 21.7 Å². The highest BCUT2D eigenvalue weighted by molar-refractivity contribution is 7.07. The van der Waals surface area contributed by atoms with Crippen LogP contribution in [0.5, 0.6) is 11.5 Å². The maximum absolute atomic E-state index is 12.6. The van der Waals surface area contributed by atoms with Crippen LogP contribution in [0.25, 0.3) is 0 Å². The summed E-state index contributed by atoms with van der Waals surface area (Å²) in [6, 6.07) is 7.23. The van der Waals surface area contributed by atoms with Crippen molar-refractivity contribution >= 4 is 23.2 Å². The number of amides is 2. The van der Waals surface area contributed by atoms with Gasteiger partial charge in [-0.15, -0.1) is 0 Å². The SMILES string of the molecule is COc1ccc(C(=O)NCC(=O)N(Cc2ccsc2)C2CC2)cc1OC. The number of rotatable bonds is 8. The molecule has 0 aliphatic heterocycles. The van der Waals surface area contributed by atoms with E-state index in [1.165, 1.54) is 14.2 Å². The van der Waals surface area contributed by atoms with Gasteiger partial charge in [0.2, 0.25) is 5.91 Å². The molecule has 1 N–H and O–H groups in total. The van der Waals surface area contributed by atoms with Crippen molar-refractivity contribution in [3.05, 3.63) is 46.2 Å². The number of carbonyl (C=O) groups is 2. The van der Waals surface area contributed by atoms with Crippen LogP contribution in [0.1, 0.15) is 28.8 Å². The fourth-order valence-corrected chi connectivity index (χ4v) is 3.38. The van der Waals surface area contributed by atoms with Gasteiger partial charge in [0.25, 0.3) is 5.91 Å². The molecule has 7 heteroatoms. The molecule has 2 amide bonds. The molecule has 1 saturated carbocycles. The summed E-state index contributed by atoms with van der Waals surface area (Å²) in [4.78, 5) is 26.8. The van der Waals surface area contributed by atoms with Crippen molar-refractivity contribution in [1.82, 2.24) is 10.2 Å². The van der Waals surface area contributed by atoms with E-state index in [0.717, 1.165) is 18.4 Å². The maximum Gasteiger partial charge on any atom is 0.251 e. The van der Waals surface area contributed by atoms with Gasteiger partial charge in [0.15, 0.2) is 11.5 Å². The summed E-state index contributed by atoms with van der Waals surface area (Å²) < 4.78 is 10.4. The van der Waals surface area contributed by atoms with Crippen LogP contribution in [0.15, 0.2) is 35.0 Å². The summed E-state index contributed by atoms with van der Waals surface area (Å²) in [6.07, 6.45) is 2.05. The number of carbonyl (C=O) groups excluding carboxylic acids is 2. The normalized spacial score (nSPS) is 13.2. The molecule has 1 fully saturated rings. The van der Waals surface area contributed by atoms with Crippen LogP contribution >= 0.6 is 11.3 Å². The van der Waals surface area contributed by atoms with E-state index in [-0.39, 0.29) is 18.4 Å². The van der Waals surface area contributed by atoms with Gasteiger partial charge < -0.3 is 19.7 Å². The van der Waals surface area contributed by atoms with Crippen molar-refractivity contribution in [2.24, 2.45) is 0 Å². The third kappa shape index (κ3) is 4.35. The highest BCUT2D eigenvalue weighted by atomic mass is 32.1. The summed E-state index contributed by atoms with van der Waals surface area (Å²) in [5.74, 6) is 0.650. The summed E-state index contributed by atoms with van der Waals surface area (Å²) in [5, 5.41) is 6.76. The Morgan fingerprint density at radius 1 is 1.19 bits per heavy atom. The Labute approximate surface area is 156 Å². The van der Waals surface area contributed by atoms with Crippen molar-refractivity contribution in [3.8, 4) is 11.5 Å². The molecule has 0 atom stereocenters. The summed E-state index contributed by atoms with van der Waals surface area (Å²) in [5.41, 5.74) is 1.55. The lowest BCUT2D eigenvalue weighted by Crippen LogP contribution is -2.41. The second-order valence-corrected chi connectivity index (χ2v) is 6.92. The van der Waals surface area contributed by atoms with Gasteiger partial charge in [-0.2, -0.15) is 11.3 Å². The quantitative estimate of drug-likeness (QED) is 0.771. The number of methoxy groups -OCH3 is 2. The Kier molecular flexibility index (Phi) is 5.78. The number of nitrogens with zero attached hydrogens (tertiary/aromatic N) is 1. The van der Waals surface area contributed by atoms with Crippen molar-refractivity contribution in [2.45, 2.75) is 25.4 Å². The van der Waals surface area contributed by atoms with E-state index in [1.54, 1.807) is 29.5 Å². The average molecular weight is 374 g/mol. The molecule has 1 heterocycles. The fourth-order valence-electron chi connectivity index (χ4n) is 2.72. The first-order chi connectivity index (χ1) is 12.6. The standard InChI is InChI=1S/C19H22N2O4S/c1-24-16-6-3-14(9-17(16)25-2)19(23)20-10-18(22)21(15-4-5-15)11-13-7-8-26-12-13/h3,6-9,12,15H,4-5,10-11H2,1-2H3,(H,20,23). The monoisotopic (exact) mass is 374 g/mol. The van der Waals surface area contributed by atoms with Crippen LogP contribution in [0, 0.1) is 0 Å². The Hall–Kier alpha value is -2.54. The fraction of sp³-hybridized carbons (Fsp3) is 0.368. The molecule has 2 aromatic rings. The maximum atomic E-state index is 12.6. The van der Waals surface area contributed by atoms with Gasteiger partial charge in [-0.1, -0.05) is 0 Å². The molecule has 0 spiro atoms. The molecule has 6 nitrogen and oxygen atoms in total. The molecule has 1 aromatic heterocycles. The molecule has 26 heavy (non-hydrogen) atoms. The minimum Gasteiger partial charge on any atom is -0.493 e. The summed E-state index contributed by atoms with van der Waals surface area (Å²) >= 11 is 1.62. The van der Waals surface area contributed by atoms with Gasteiger partial charge in [-0.25, -0.2) is 0 Å². The number of benzene rings is 1. The molecule has 1 aliphatic rings. The molecule has 3 rings (SSSR count). The Bertz CT molecular complexity index is 772. The third-order valence-electron chi connectivity index (χ3n) is 4.29. The first-order valence-electron chi connectivity index (χ1n) is 8.43. The zero-order valence-corrected chi connectivity index (χ0v) is 15.7. The lowest BCUT2D eigenvalue weighted by Gasteiger charge is -2.22. The lowest BCUT2D eigenvalue weighted by molar-refractivity contribution is -0.131. The molecule has 138 valence electrons. The zero-order chi connectivity index (χ0) is 18.5. The van der Waals surface area contributed by atoms with Crippen LogP contribution in [-0.2, 0) is 11.3 Å². The zero-order valence-electron chi connectivity index (χ0n) is 14.9. The summed E-state index contributed by atoms with van der Waals surface area (Å²) in [6.45, 7) is 0.576. The Morgan fingerprint density at radius 3 is 2.58 bits per heavy atom. The number of thiophene rings is 1. The highest BCUT2D eigenvalue weighted by Gasteiger charge is 2.32. The van der Waals surface area contributed by atoms with Crippen molar-refractivity contribution in [1.29, 1.82) is 0 Å². The predicted molar refractivity (Wildman–Crippen MR) is 99.8 cm³/mol. The molecular formula is C19H22N2O4S. The minimum absolute atomic E-state index is 0.0200. The largest absolute Gasteiger partial charge is 0.493 e. The van der Waals surface area contributed by atoms with Gasteiger partial charge >= 0.3 is 0 Å². The molecular weight excluding hydrogens is 352 g/mol. The van der Waals surface area contributed by atoms with Gasteiger partial charge in [0.1, 0.15) is 0 Å². The first-order valence-corrected chi connectivity index (χ1v) is 9.37. The van der Waals surface area contributed by atoms with E-state index < -0.39 is 0 Å². The first kappa shape index (κ1) is 18.3. The van der Waals surface area contributed by atoms with Gasteiger partial charge in [0, 0.05) is 18.2 Å². The van der Waals surface area contributed by atoms with E-state index in [4.69, 9.17) is 9.47 Å². The number of hydrogen-bond acceptors (Lipinski definition) is 5. The van der Waals surface area contributed by atoms with Gasteiger partial charge in [0.05, 0.1) is 20.8 Å².